The highest BCUT2D eigenvalue weighted by Crippen LogP contribution is 2.66. The van der Waals surface area contributed by atoms with Gasteiger partial charge in [-0.05, 0) is 158 Å². The summed E-state index contributed by atoms with van der Waals surface area (Å²) in [6.07, 6.45) is 2.28. The van der Waals surface area contributed by atoms with Crippen LogP contribution < -0.4 is 39.7 Å². The molecule has 11 rings (SSSR count). The molecule has 7 atom stereocenters. The van der Waals surface area contributed by atoms with E-state index in [9.17, 15) is 64.0 Å². The largest absolute Gasteiger partial charge is 0.535 e. The van der Waals surface area contributed by atoms with Crippen LogP contribution in [0.1, 0.15) is 154 Å². The van der Waals surface area contributed by atoms with Crippen LogP contribution in [-0.4, -0.2) is 177 Å². The van der Waals surface area contributed by atoms with E-state index >= 15 is 0 Å². The van der Waals surface area contributed by atoms with Crippen LogP contribution in [0.4, 0.5) is 10.3 Å². The minimum absolute atomic E-state index is 0.00259. The third kappa shape index (κ3) is 17.6. The lowest BCUT2D eigenvalue weighted by Crippen LogP contribution is -2.65. The highest BCUT2D eigenvalue weighted by atomic mass is 35.5. The van der Waals surface area contributed by atoms with E-state index in [1.165, 1.54) is 78.3 Å². The first-order valence-corrected chi connectivity index (χ1v) is 33.9. The number of halogens is 1. The van der Waals surface area contributed by atoms with Gasteiger partial charge in [0.15, 0.2) is 33.3 Å². The van der Waals surface area contributed by atoms with Crippen LogP contribution in [0.25, 0.3) is 0 Å². The number of rotatable bonds is 24. The number of nitrogens with two attached hydrogens (primary N) is 2. The molecule has 6 aliphatic rings. The molecule has 3 aliphatic heterocycles. The smallest absolute Gasteiger partial charge is 0.526 e. The van der Waals surface area contributed by atoms with Gasteiger partial charge >= 0.3 is 51.2 Å². The molecule has 5 heterocycles. The molecule has 101 heavy (non-hydrogen) atoms. The first kappa shape index (κ1) is 78.0. The number of nitrogens with zero attached hydrogens (tertiary/aromatic N) is 4. The predicted octanol–water partition coefficient (Wildman–Crippen LogP) is 8.00. The summed E-state index contributed by atoms with van der Waals surface area (Å²) in [5, 5.41) is 68.7. The Morgan fingerprint density at radius 1 is 0.663 bits per heavy atom. The lowest BCUT2D eigenvalue weighted by atomic mass is 9.43. The number of carboxylic acids is 4. The molecular weight excluding hydrogens is 1380 g/mol. The van der Waals surface area contributed by atoms with E-state index in [-0.39, 0.29) is 110 Å². The second kappa shape index (κ2) is 30.9. The lowest BCUT2D eigenvalue weighted by molar-refractivity contribution is -0.199. The number of hydrogen-bond acceptors (Lipinski definition) is 28. The van der Waals surface area contributed by atoms with Gasteiger partial charge in [-0.1, -0.05) is 24.2 Å². The minimum atomic E-state index is -1.72. The Morgan fingerprint density at radius 3 is 1.48 bits per heavy atom. The number of hydrogen-bond donors (Lipinski definition) is 8. The number of aromatic carboxylic acids is 2. The summed E-state index contributed by atoms with van der Waals surface area (Å²) in [5.74, 6) is -5.68. The molecule has 3 aromatic carbocycles. The van der Waals surface area contributed by atoms with E-state index < -0.39 is 96.5 Å². The maximum Gasteiger partial charge on any atom is 0.526 e. The Hall–Kier alpha value is -8.73. The summed E-state index contributed by atoms with van der Waals surface area (Å²) in [4.78, 5) is 103. The van der Waals surface area contributed by atoms with Crippen molar-refractivity contribution >= 4 is 119 Å². The van der Waals surface area contributed by atoms with Crippen LogP contribution in [-0.2, 0) is 62.2 Å². The van der Waals surface area contributed by atoms with Gasteiger partial charge < -0.3 is 93.9 Å². The number of ketones is 2. The van der Waals surface area contributed by atoms with E-state index in [1.807, 2.05) is 26.8 Å². The number of esters is 1. The van der Waals surface area contributed by atoms with Crippen molar-refractivity contribution in [3.63, 3.8) is 0 Å². The number of Topliss-reactive ketones (excluding diaryl/α,β-unsaturated/α-hetero) is 2. The first-order chi connectivity index (χ1) is 47.1. The monoisotopic (exact) mass is 1460 g/mol. The topological polar surface area (TPSA) is 445 Å². The SMILES string of the molecule is COc1cc(C[C@@H](Cl)B2OC3CC4C[C@@H](C4(C)C)[C@]3(C)O2)c(OC)c(C(=O)OC(C)(C)C)c1.COc1cc2c(c(C(=O)O)c1)OB(O)[C@@H](CC(=O)/C(=N\OC(C)(C)C(=O)O)c1csc(N)n1)C2.COc1cc2c(c(C(=O)O)c1)OB(O)[C@@H](CC(=O)/C(=N\OC(C)(C)C(=O)O)c1csc(N)n1)C2. The van der Waals surface area contributed by atoms with Gasteiger partial charge in [0.2, 0.25) is 11.2 Å². The molecule has 3 aliphatic carbocycles. The Bertz CT molecular complexity index is 3890. The van der Waals surface area contributed by atoms with Gasteiger partial charge in [-0.3, -0.25) is 9.59 Å². The number of alkyl halides is 1. The fourth-order valence-corrected chi connectivity index (χ4v) is 13.7. The fraction of sp³-hybridized carbons (Fsp3) is 0.492. The molecule has 2 bridgehead atoms. The van der Waals surface area contributed by atoms with Crippen molar-refractivity contribution in [2.45, 2.75) is 160 Å². The molecular formula is C65H80B3ClN6O24S2. The number of thiazole rings is 2. The second-order valence-corrected chi connectivity index (χ2v) is 29.7. The van der Waals surface area contributed by atoms with Gasteiger partial charge in [-0.25, -0.2) is 33.9 Å². The summed E-state index contributed by atoms with van der Waals surface area (Å²) in [7, 11) is 2.36. The Labute approximate surface area is 595 Å². The van der Waals surface area contributed by atoms with Gasteiger partial charge in [0.05, 0.1) is 45.4 Å². The number of ether oxygens (including phenoxy) is 5. The van der Waals surface area contributed by atoms with Crippen molar-refractivity contribution in [2.75, 3.05) is 39.9 Å². The second-order valence-electron chi connectivity index (χ2n) is 27.4. The van der Waals surface area contributed by atoms with E-state index in [2.05, 4.69) is 41.1 Å². The van der Waals surface area contributed by atoms with Crippen LogP contribution in [0.3, 0.4) is 0 Å². The summed E-state index contributed by atoms with van der Waals surface area (Å²) < 4.78 is 50.8. The lowest BCUT2D eigenvalue weighted by Gasteiger charge is -2.64. The van der Waals surface area contributed by atoms with Crippen LogP contribution >= 0.6 is 34.3 Å². The van der Waals surface area contributed by atoms with Crippen molar-refractivity contribution in [1.29, 1.82) is 0 Å². The number of carboxylic acid groups (broad SMARTS) is 4. The Kier molecular flexibility index (Phi) is 23.8. The number of carbonyl (C=O) groups excluding carboxylic acids is 3. The number of carbonyl (C=O) groups is 7. The predicted molar refractivity (Wildman–Crippen MR) is 371 cm³/mol. The Morgan fingerprint density at radius 2 is 1.10 bits per heavy atom. The third-order valence-corrected chi connectivity index (χ3v) is 19.8. The number of anilines is 2. The zero-order valence-electron chi connectivity index (χ0n) is 57.9. The van der Waals surface area contributed by atoms with Crippen molar-refractivity contribution < 1.29 is 116 Å². The van der Waals surface area contributed by atoms with Crippen molar-refractivity contribution in [3.8, 4) is 34.5 Å². The Balaban J connectivity index is 0.000000192. The van der Waals surface area contributed by atoms with Crippen LogP contribution in [0.15, 0.2) is 57.5 Å². The molecule has 2 aromatic heterocycles. The van der Waals surface area contributed by atoms with Crippen LogP contribution in [0.2, 0.25) is 11.6 Å². The van der Waals surface area contributed by atoms with Crippen molar-refractivity contribution in [1.82, 2.24) is 9.97 Å². The van der Waals surface area contributed by atoms with Gasteiger partial charge in [0, 0.05) is 35.2 Å². The zero-order valence-corrected chi connectivity index (χ0v) is 60.3. The van der Waals surface area contributed by atoms with Gasteiger partial charge in [-0.15, -0.1) is 34.3 Å². The van der Waals surface area contributed by atoms with Crippen molar-refractivity contribution in [3.05, 3.63) is 91.9 Å². The molecule has 0 spiro atoms. The maximum atomic E-state index is 13.1. The van der Waals surface area contributed by atoms with Gasteiger partial charge in [-0.2, -0.15) is 0 Å². The van der Waals surface area contributed by atoms with E-state index in [1.54, 1.807) is 25.3 Å². The minimum Gasteiger partial charge on any atom is -0.535 e. The number of nitrogen functional groups attached to an aromatic ring is 2. The van der Waals surface area contributed by atoms with Crippen LogP contribution in [0.5, 0.6) is 34.5 Å². The van der Waals surface area contributed by atoms with E-state index in [0.29, 0.717) is 46.4 Å². The van der Waals surface area contributed by atoms with Crippen LogP contribution in [0, 0.1) is 17.3 Å². The number of aliphatic carboxylic acids is 2. The maximum absolute atomic E-state index is 13.1. The summed E-state index contributed by atoms with van der Waals surface area (Å²) in [5.41, 5.74) is 8.43. The third-order valence-electron chi connectivity index (χ3n) is 18.0. The average molecular weight is 1460 g/mol. The van der Waals surface area contributed by atoms with Gasteiger partial charge in [0.25, 0.3) is 0 Å². The highest BCUT2D eigenvalue weighted by Gasteiger charge is 2.68. The number of oxime groups is 2. The molecule has 542 valence electrons. The fourth-order valence-electron chi connectivity index (χ4n) is 12.4. The first-order valence-electron chi connectivity index (χ1n) is 31.7. The average Bonchev–Trinajstić information content (AvgIpc) is 1.66. The number of fused-ring (bicyclic) bond motifs is 2. The zero-order chi connectivity index (χ0) is 74.8. The molecule has 4 fully saturated rings. The molecule has 30 nitrogen and oxygen atoms in total. The van der Waals surface area contributed by atoms with E-state index in [4.69, 9.17) is 75.0 Å². The van der Waals surface area contributed by atoms with Gasteiger partial charge in [0.1, 0.15) is 68.2 Å². The standard InChI is InChI=1S/C25H36BClO6.2C20H22BN3O9S/c1-23(2,3)31-22(28)17-13-16(29-7)9-14(21(17)30-8)10-20(27)26-32-19-12-15-11-18(24(15,4)5)25(19,6)33-26;2*1-20(2,18(28)29)33-24-15(13-8-34-19(22)23-13)14(25)6-10-4-9-5-11(31-3)7-12(17(26)27)16(9)32-21(10)30/h9,13,15,18-20H,10-12H2,1-8H3;2*5,7-8,10,30H,4,6H2,1-3H3,(H2,22,23)(H,26,27)(H,28,29)/b;2*24-15-/t15?,18-,19?,20+,25-;2*10-/m011/s1. The molecule has 5 aromatic rings. The number of aromatic nitrogens is 2. The summed E-state index contributed by atoms with van der Waals surface area (Å²) >= 11 is 8.99. The van der Waals surface area contributed by atoms with E-state index in [0.717, 1.165) is 34.7 Å². The molecule has 3 saturated carbocycles. The highest BCUT2D eigenvalue weighted by molar-refractivity contribution is 7.14. The van der Waals surface area contributed by atoms with Crippen molar-refractivity contribution in [2.24, 2.45) is 27.6 Å². The number of benzene rings is 3. The normalized spacial score (nSPS) is 20.7. The molecule has 36 heteroatoms. The number of methoxy groups -OCH3 is 4. The molecule has 0 amide bonds. The molecule has 0 radical (unpaired) electrons. The molecule has 10 N–H and O–H groups in total. The quantitative estimate of drug-likeness (QED) is 0.00953. The molecule has 1 saturated heterocycles. The summed E-state index contributed by atoms with van der Waals surface area (Å²) in [6.45, 7) is 17.4. The molecule has 2 unspecified atom stereocenters. The summed E-state index contributed by atoms with van der Waals surface area (Å²) in [6, 6.07) is 9.16.